The molecule has 5 nitrogen and oxygen atoms in total. The van der Waals surface area contributed by atoms with Crippen molar-refractivity contribution in [1.29, 1.82) is 0 Å². The van der Waals surface area contributed by atoms with Crippen LogP contribution in [0.3, 0.4) is 0 Å². The van der Waals surface area contributed by atoms with Gasteiger partial charge in [0.1, 0.15) is 5.75 Å². The van der Waals surface area contributed by atoms with Gasteiger partial charge >= 0.3 is 0 Å². The molecule has 0 amide bonds. The fourth-order valence-electron chi connectivity index (χ4n) is 8.90. The number of hydrogen-bond donors (Lipinski definition) is 0. The molecule has 12 rings (SSSR count). The van der Waals surface area contributed by atoms with Crippen molar-refractivity contribution in [2.24, 2.45) is 0 Å². The molecule has 1 aliphatic carbocycles. The highest BCUT2D eigenvalue weighted by Crippen LogP contribution is 2.46. The monoisotopic (exact) mass is 716 g/mol. The van der Waals surface area contributed by atoms with E-state index in [0.717, 1.165) is 61.9 Å². The van der Waals surface area contributed by atoms with Crippen molar-refractivity contribution in [1.82, 2.24) is 19.1 Å². The van der Waals surface area contributed by atoms with Crippen molar-refractivity contribution in [3.05, 3.63) is 187 Å². The van der Waals surface area contributed by atoms with Crippen molar-refractivity contribution < 1.29 is 4.74 Å². The van der Waals surface area contributed by atoms with E-state index in [4.69, 9.17) is 14.7 Å². The van der Waals surface area contributed by atoms with E-state index in [1.54, 1.807) is 0 Å². The summed E-state index contributed by atoms with van der Waals surface area (Å²) in [7, 11) is 0. The van der Waals surface area contributed by atoms with Crippen LogP contribution < -0.4 is 4.74 Å². The van der Waals surface area contributed by atoms with Gasteiger partial charge in [-0.25, -0.2) is 4.98 Å². The number of fused-ring (bicyclic) bond motifs is 8. The van der Waals surface area contributed by atoms with Crippen molar-refractivity contribution in [3.63, 3.8) is 0 Å². The zero-order valence-electron chi connectivity index (χ0n) is 30.2. The molecular weight excluding hydrogens is 685 g/mol. The molecule has 5 heteroatoms. The lowest BCUT2D eigenvalue weighted by Crippen LogP contribution is -2.07. The van der Waals surface area contributed by atoms with Gasteiger partial charge in [0.2, 0.25) is 11.8 Å². The van der Waals surface area contributed by atoms with E-state index >= 15 is 0 Å². The number of aromatic nitrogens is 4. The molecule has 0 spiro atoms. The molecule has 0 N–H and O–H groups in total. The van der Waals surface area contributed by atoms with Crippen molar-refractivity contribution in [3.8, 4) is 45.5 Å². The van der Waals surface area contributed by atoms with E-state index in [1.807, 2.05) is 18.3 Å². The molecular formula is C51H32N4O. The highest BCUT2D eigenvalue weighted by molar-refractivity contribution is 6.11. The number of ether oxygens (including phenoxy) is 1. The number of para-hydroxylation sites is 2. The summed E-state index contributed by atoms with van der Waals surface area (Å²) in [6.45, 7) is 0. The Morgan fingerprint density at radius 1 is 0.554 bits per heavy atom. The number of nitrogens with zero attached hydrogens (tertiary/aromatic N) is 4. The van der Waals surface area contributed by atoms with Gasteiger partial charge in [-0.3, -0.25) is 4.57 Å². The van der Waals surface area contributed by atoms with Crippen molar-refractivity contribution >= 4 is 61.2 Å². The predicted molar refractivity (Wildman–Crippen MR) is 230 cm³/mol. The molecule has 0 radical (unpaired) electrons. The van der Waals surface area contributed by atoms with Gasteiger partial charge in [0, 0.05) is 44.6 Å². The van der Waals surface area contributed by atoms with Crippen molar-refractivity contribution in [2.45, 2.75) is 6.42 Å². The van der Waals surface area contributed by atoms with Crippen LogP contribution in [0.2, 0.25) is 0 Å². The molecule has 0 saturated heterocycles. The first-order valence-corrected chi connectivity index (χ1v) is 19.0. The predicted octanol–water partition coefficient (Wildman–Crippen LogP) is 13.1. The zero-order valence-corrected chi connectivity index (χ0v) is 30.2. The fourth-order valence-corrected chi connectivity index (χ4v) is 8.90. The largest absolute Gasteiger partial charge is 0.438 e. The fraction of sp³-hybridized carbons (Fsp3) is 0.0196. The maximum atomic E-state index is 6.47. The maximum absolute atomic E-state index is 6.47. The normalized spacial score (nSPS) is 13.1. The van der Waals surface area contributed by atoms with Gasteiger partial charge in [-0.05, 0) is 88.7 Å². The van der Waals surface area contributed by atoms with Gasteiger partial charge in [-0.2, -0.15) is 4.98 Å². The molecule has 262 valence electrons. The lowest BCUT2D eigenvalue weighted by atomic mass is 9.97. The van der Waals surface area contributed by atoms with E-state index in [2.05, 4.69) is 173 Å². The molecule has 0 atom stereocenters. The minimum absolute atomic E-state index is 0.570. The highest BCUT2D eigenvalue weighted by Gasteiger charge is 2.25. The van der Waals surface area contributed by atoms with Crippen LogP contribution in [-0.4, -0.2) is 19.1 Å². The lowest BCUT2D eigenvalue weighted by molar-refractivity contribution is 0.464. The average molecular weight is 717 g/mol. The smallest absolute Gasteiger partial charge is 0.237 e. The Kier molecular flexibility index (Phi) is 6.63. The van der Waals surface area contributed by atoms with Crippen LogP contribution >= 0.6 is 0 Å². The Labute approximate surface area is 322 Å². The summed E-state index contributed by atoms with van der Waals surface area (Å²) in [6, 6.07) is 56.2. The average Bonchev–Trinajstić information content (AvgIpc) is 3.65. The van der Waals surface area contributed by atoms with Crippen LogP contribution in [0, 0.1) is 0 Å². The van der Waals surface area contributed by atoms with Gasteiger partial charge in [0.15, 0.2) is 0 Å². The minimum atomic E-state index is 0.570. The van der Waals surface area contributed by atoms with E-state index in [0.29, 0.717) is 11.8 Å². The summed E-state index contributed by atoms with van der Waals surface area (Å²) >= 11 is 0. The summed E-state index contributed by atoms with van der Waals surface area (Å²) in [6.07, 6.45) is 9.56. The Bertz CT molecular complexity index is 3310. The Morgan fingerprint density at radius 2 is 1.30 bits per heavy atom. The van der Waals surface area contributed by atoms with Gasteiger partial charge < -0.3 is 9.30 Å². The van der Waals surface area contributed by atoms with Crippen LogP contribution in [-0.2, 0) is 0 Å². The van der Waals surface area contributed by atoms with E-state index in [9.17, 15) is 0 Å². The SMILES string of the molecule is C1=Cc2c(c3ccccc3n2-c2ncc3c(n2)Oc2cccc4cccc-3c24)C=C(c2ccc3c(c2)c2ccccc2n3-c2cccc(-c3ccccc3)c2)C1. The molecule has 1 aliphatic heterocycles. The van der Waals surface area contributed by atoms with Gasteiger partial charge in [0.25, 0.3) is 0 Å². The summed E-state index contributed by atoms with van der Waals surface area (Å²) in [5.74, 6) is 1.97. The topological polar surface area (TPSA) is 44.9 Å². The molecule has 0 bridgehead atoms. The summed E-state index contributed by atoms with van der Waals surface area (Å²) in [5, 5.41) is 5.87. The Morgan fingerprint density at radius 3 is 2.20 bits per heavy atom. The number of hydrogen-bond acceptors (Lipinski definition) is 3. The first-order valence-electron chi connectivity index (χ1n) is 19.0. The minimum Gasteiger partial charge on any atom is -0.438 e. The van der Waals surface area contributed by atoms with Crippen LogP contribution in [0.4, 0.5) is 0 Å². The second kappa shape index (κ2) is 12.0. The molecule has 7 aromatic carbocycles. The third-order valence-corrected chi connectivity index (χ3v) is 11.4. The molecule has 56 heavy (non-hydrogen) atoms. The molecule has 4 heterocycles. The van der Waals surface area contributed by atoms with Gasteiger partial charge in [0.05, 0.1) is 27.8 Å². The van der Waals surface area contributed by atoms with Gasteiger partial charge in [-0.15, -0.1) is 0 Å². The lowest BCUT2D eigenvalue weighted by Gasteiger charge is -2.20. The van der Waals surface area contributed by atoms with Crippen LogP contribution in [0.15, 0.2) is 170 Å². The maximum Gasteiger partial charge on any atom is 0.237 e. The quantitative estimate of drug-likeness (QED) is 0.182. The van der Waals surface area contributed by atoms with Crippen molar-refractivity contribution in [2.75, 3.05) is 0 Å². The second-order valence-corrected chi connectivity index (χ2v) is 14.6. The molecule has 0 fully saturated rings. The molecule has 0 saturated carbocycles. The van der Waals surface area contributed by atoms with E-state index in [1.165, 1.54) is 44.1 Å². The van der Waals surface area contributed by atoms with Crippen LogP contribution in [0.1, 0.15) is 23.2 Å². The molecule has 2 aliphatic rings. The summed E-state index contributed by atoms with van der Waals surface area (Å²) < 4.78 is 11.0. The van der Waals surface area contributed by atoms with Crippen LogP contribution in [0.25, 0.3) is 95.1 Å². The van der Waals surface area contributed by atoms with E-state index < -0.39 is 0 Å². The first kappa shape index (κ1) is 30.9. The number of rotatable bonds is 4. The second-order valence-electron chi connectivity index (χ2n) is 14.6. The molecule has 10 aromatic rings. The summed E-state index contributed by atoms with van der Waals surface area (Å²) in [5.41, 5.74) is 13.7. The molecule has 3 aromatic heterocycles. The Balaban J connectivity index is 0.989. The van der Waals surface area contributed by atoms with E-state index in [-0.39, 0.29) is 0 Å². The third kappa shape index (κ3) is 4.61. The standard InChI is InChI=1S/C51H32N4O/c1-2-12-32(13-3-1)34-16-8-18-37(28-34)54-44-22-6-4-19-38(44)42-30-36(26-27-47(42)54)35-17-10-24-46-41(29-35)39-20-5-7-23-45(39)55(46)51-52-31-43-40-21-9-14-33-15-11-25-48(49(33)40)56-50(43)53-51/h1-16,18-31H,17H2. The Hall–Kier alpha value is -7.50. The number of benzene rings is 7. The van der Waals surface area contributed by atoms with Gasteiger partial charge in [-0.1, -0.05) is 121 Å². The third-order valence-electron chi connectivity index (χ3n) is 11.4. The summed E-state index contributed by atoms with van der Waals surface area (Å²) in [4.78, 5) is 10.1. The highest BCUT2D eigenvalue weighted by atomic mass is 16.5. The molecule has 0 unspecified atom stereocenters. The zero-order chi connectivity index (χ0) is 36.7. The first-order chi connectivity index (χ1) is 27.8. The van der Waals surface area contributed by atoms with Crippen LogP contribution in [0.5, 0.6) is 11.6 Å². The number of allylic oxidation sites excluding steroid dienone is 2.